The molecule has 0 aliphatic carbocycles. The van der Waals surface area contributed by atoms with E-state index < -0.39 is 22.0 Å². The SMILES string of the molecule is CC(=S)c1cccc2c1OCCC(C(=O)NC(N)=NOS(C)(=O)=O)=C2. The Bertz CT molecular complexity index is 875. The van der Waals surface area contributed by atoms with Gasteiger partial charge in [0.2, 0.25) is 5.96 Å². The fourth-order valence-electron chi connectivity index (χ4n) is 2.14. The van der Waals surface area contributed by atoms with E-state index in [2.05, 4.69) is 14.8 Å². The van der Waals surface area contributed by atoms with E-state index in [1.54, 1.807) is 19.1 Å². The van der Waals surface area contributed by atoms with Gasteiger partial charge in [0.25, 0.3) is 5.91 Å². The summed E-state index contributed by atoms with van der Waals surface area (Å²) in [6.45, 7) is 2.08. The van der Waals surface area contributed by atoms with Gasteiger partial charge in [-0.15, -0.1) is 0 Å². The second-order valence-corrected chi connectivity index (χ2v) is 7.43. The smallest absolute Gasteiger partial charge is 0.325 e. The minimum Gasteiger partial charge on any atom is -0.492 e. The third-order valence-electron chi connectivity index (χ3n) is 3.18. The lowest BCUT2D eigenvalue weighted by molar-refractivity contribution is -0.116. The molecule has 8 nitrogen and oxygen atoms in total. The molecular formula is C15H17N3O5S2. The molecule has 0 radical (unpaired) electrons. The molecule has 10 heteroatoms. The Morgan fingerprint density at radius 2 is 2.16 bits per heavy atom. The van der Waals surface area contributed by atoms with E-state index in [9.17, 15) is 13.2 Å². The van der Waals surface area contributed by atoms with Crippen molar-refractivity contribution in [2.24, 2.45) is 10.9 Å². The molecule has 25 heavy (non-hydrogen) atoms. The summed E-state index contributed by atoms with van der Waals surface area (Å²) in [6, 6.07) is 5.48. The van der Waals surface area contributed by atoms with Crippen molar-refractivity contribution in [2.75, 3.05) is 12.9 Å². The Kier molecular flexibility index (Phi) is 5.75. The molecule has 2 rings (SSSR count). The summed E-state index contributed by atoms with van der Waals surface area (Å²) >= 11 is 5.21. The fraction of sp³-hybridized carbons (Fsp3) is 0.267. The lowest BCUT2D eigenvalue weighted by atomic mass is 10.0. The molecule has 1 aliphatic heterocycles. The molecule has 0 saturated carbocycles. The Morgan fingerprint density at radius 1 is 1.44 bits per heavy atom. The van der Waals surface area contributed by atoms with Crippen molar-refractivity contribution in [1.29, 1.82) is 0 Å². The van der Waals surface area contributed by atoms with E-state index in [1.807, 2.05) is 12.1 Å². The van der Waals surface area contributed by atoms with Gasteiger partial charge in [0.05, 0.1) is 12.9 Å². The number of amides is 1. The molecule has 0 saturated heterocycles. The molecule has 1 aromatic carbocycles. The first-order valence-corrected chi connectivity index (χ1v) is 9.40. The number of hydrogen-bond donors (Lipinski definition) is 2. The summed E-state index contributed by atoms with van der Waals surface area (Å²) in [7, 11) is -3.80. The van der Waals surface area contributed by atoms with E-state index in [-0.39, 0.29) is 6.61 Å². The quantitative estimate of drug-likeness (QED) is 0.261. The van der Waals surface area contributed by atoms with E-state index in [1.165, 1.54) is 0 Å². The summed E-state index contributed by atoms with van der Waals surface area (Å²) < 4.78 is 31.6. The Hall–Kier alpha value is -2.46. The van der Waals surface area contributed by atoms with Gasteiger partial charge in [-0.05, 0) is 18.2 Å². The lowest BCUT2D eigenvalue weighted by Crippen LogP contribution is -2.38. The molecule has 1 amide bonds. The molecular weight excluding hydrogens is 366 g/mol. The Morgan fingerprint density at radius 3 is 2.80 bits per heavy atom. The number of rotatable bonds is 4. The van der Waals surface area contributed by atoms with Crippen LogP contribution in [0.2, 0.25) is 0 Å². The van der Waals surface area contributed by atoms with Crippen LogP contribution < -0.4 is 15.8 Å². The van der Waals surface area contributed by atoms with Crippen LogP contribution in [0.15, 0.2) is 28.9 Å². The van der Waals surface area contributed by atoms with Crippen LogP contribution in [-0.4, -0.2) is 38.0 Å². The highest BCUT2D eigenvalue weighted by Crippen LogP contribution is 2.30. The zero-order valence-corrected chi connectivity index (χ0v) is 15.2. The highest BCUT2D eigenvalue weighted by Gasteiger charge is 2.19. The van der Waals surface area contributed by atoms with Gasteiger partial charge < -0.3 is 10.5 Å². The second-order valence-electron chi connectivity index (χ2n) is 5.26. The number of nitrogens with one attached hydrogen (secondary N) is 1. The van der Waals surface area contributed by atoms with Crippen molar-refractivity contribution in [1.82, 2.24) is 5.32 Å². The fourth-order valence-corrected chi connectivity index (χ4v) is 2.51. The van der Waals surface area contributed by atoms with E-state index in [0.29, 0.717) is 28.2 Å². The highest BCUT2D eigenvalue weighted by molar-refractivity contribution is 7.85. The van der Waals surface area contributed by atoms with Crippen LogP contribution in [-0.2, 0) is 19.2 Å². The zero-order chi connectivity index (χ0) is 18.6. The third-order valence-corrected chi connectivity index (χ3v) is 3.74. The number of oxime groups is 1. The Balaban J connectivity index is 2.23. The molecule has 0 unspecified atom stereocenters. The number of para-hydroxylation sites is 1. The standard InChI is InChI=1S/C15H17N3O5S2/c1-9(24)12-5-3-4-10-8-11(6-7-22-13(10)12)14(19)17-15(16)18-23-25(2,20)21/h3-5,8H,6-7H2,1-2H3,(H3,16,17,18,19). The summed E-state index contributed by atoms with van der Waals surface area (Å²) in [5.74, 6) is -0.371. The maximum Gasteiger partial charge on any atom is 0.325 e. The summed E-state index contributed by atoms with van der Waals surface area (Å²) in [5, 5.41) is 5.40. The molecule has 0 bridgehead atoms. The van der Waals surface area contributed by atoms with Gasteiger partial charge in [-0.3, -0.25) is 14.4 Å². The topological polar surface area (TPSA) is 120 Å². The van der Waals surface area contributed by atoms with Crippen molar-refractivity contribution >= 4 is 45.1 Å². The number of hydrogen-bond acceptors (Lipinski definition) is 7. The molecule has 1 heterocycles. The second kappa shape index (κ2) is 7.62. The minimum atomic E-state index is -3.80. The molecule has 134 valence electrons. The molecule has 3 N–H and O–H groups in total. The maximum absolute atomic E-state index is 12.3. The molecule has 0 atom stereocenters. The van der Waals surface area contributed by atoms with Crippen molar-refractivity contribution in [3.05, 3.63) is 34.9 Å². The first kappa shape index (κ1) is 18.9. The molecule has 0 fully saturated rings. The maximum atomic E-state index is 12.3. The van der Waals surface area contributed by atoms with E-state index in [0.717, 1.165) is 11.8 Å². The number of nitrogens with zero attached hydrogens (tertiary/aromatic N) is 1. The van der Waals surface area contributed by atoms with Gasteiger partial charge in [-0.25, -0.2) is 0 Å². The van der Waals surface area contributed by atoms with Crippen LogP contribution in [0, 0.1) is 0 Å². The van der Waals surface area contributed by atoms with Gasteiger partial charge in [0.1, 0.15) is 5.75 Å². The normalized spacial score (nSPS) is 14.5. The van der Waals surface area contributed by atoms with E-state index in [4.69, 9.17) is 22.7 Å². The number of nitrogens with two attached hydrogens (primary N) is 1. The van der Waals surface area contributed by atoms with Crippen molar-refractivity contribution in [2.45, 2.75) is 13.3 Å². The van der Waals surface area contributed by atoms with Crippen LogP contribution in [0.5, 0.6) is 5.75 Å². The van der Waals surface area contributed by atoms with Crippen molar-refractivity contribution < 1.29 is 22.2 Å². The first-order chi connectivity index (χ1) is 11.7. The Labute approximate surface area is 150 Å². The number of carbonyl (C=O) groups excluding carboxylic acids is 1. The van der Waals surface area contributed by atoms with Crippen LogP contribution in [0.4, 0.5) is 0 Å². The largest absolute Gasteiger partial charge is 0.492 e. The van der Waals surface area contributed by atoms with Crippen LogP contribution in [0.3, 0.4) is 0 Å². The predicted molar refractivity (Wildman–Crippen MR) is 97.6 cm³/mol. The van der Waals surface area contributed by atoms with Gasteiger partial charge >= 0.3 is 10.1 Å². The highest BCUT2D eigenvalue weighted by atomic mass is 32.2. The van der Waals surface area contributed by atoms with Crippen molar-refractivity contribution in [3.63, 3.8) is 0 Å². The van der Waals surface area contributed by atoms with Crippen LogP contribution >= 0.6 is 12.2 Å². The number of fused-ring (bicyclic) bond motifs is 1. The number of ether oxygens (including phenoxy) is 1. The zero-order valence-electron chi connectivity index (χ0n) is 13.6. The minimum absolute atomic E-state index is 0.281. The summed E-state index contributed by atoms with van der Waals surface area (Å²) in [5.41, 5.74) is 7.35. The summed E-state index contributed by atoms with van der Waals surface area (Å²) in [6.07, 6.45) is 2.81. The molecule has 0 spiro atoms. The van der Waals surface area contributed by atoms with Gasteiger partial charge in [0.15, 0.2) is 0 Å². The van der Waals surface area contributed by atoms with Gasteiger partial charge in [0, 0.05) is 28.0 Å². The molecule has 1 aliphatic rings. The monoisotopic (exact) mass is 383 g/mol. The predicted octanol–water partition coefficient (Wildman–Crippen LogP) is 0.913. The average molecular weight is 383 g/mol. The summed E-state index contributed by atoms with van der Waals surface area (Å²) in [4.78, 5) is 13.0. The lowest BCUT2D eigenvalue weighted by Gasteiger charge is -2.11. The number of carbonyl (C=O) groups is 1. The van der Waals surface area contributed by atoms with Gasteiger partial charge in [-0.1, -0.05) is 30.4 Å². The number of benzene rings is 1. The first-order valence-electron chi connectivity index (χ1n) is 7.18. The molecule has 0 aromatic heterocycles. The molecule has 1 aromatic rings. The van der Waals surface area contributed by atoms with Gasteiger partial charge in [-0.2, -0.15) is 8.42 Å². The average Bonchev–Trinajstić information content (AvgIpc) is 2.74. The van der Waals surface area contributed by atoms with Crippen LogP contribution in [0.25, 0.3) is 6.08 Å². The van der Waals surface area contributed by atoms with Crippen LogP contribution in [0.1, 0.15) is 24.5 Å². The number of guanidine groups is 1. The third kappa shape index (κ3) is 5.26. The van der Waals surface area contributed by atoms with Crippen molar-refractivity contribution in [3.8, 4) is 5.75 Å². The van der Waals surface area contributed by atoms with E-state index >= 15 is 0 Å². The number of thiocarbonyl (C=S) groups is 1.